The summed E-state index contributed by atoms with van der Waals surface area (Å²) in [7, 11) is 0. The van der Waals surface area contributed by atoms with E-state index >= 15 is 0 Å². The maximum Gasteiger partial charge on any atom is 0.326 e. The zero-order chi connectivity index (χ0) is 26.4. The van der Waals surface area contributed by atoms with Crippen molar-refractivity contribution in [2.75, 3.05) is 5.32 Å². The van der Waals surface area contributed by atoms with Crippen LogP contribution in [0.5, 0.6) is 0 Å². The van der Waals surface area contributed by atoms with Crippen LogP contribution in [0.1, 0.15) is 32.6 Å². The highest BCUT2D eigenvalue weighted by molar-refractivity contribution is 6.34. The molecule has 0 bridgehead atoms. The molecule has 2 amide bonds. The van der Waals surface area contributed by atoms with Crippen LogP contribution in [0.2, 0.25) is 5.02 Å². The van der Waals surface area contributed by atoms with Crippen molar-refractivity contribution in [3.63, 3.8) is 0 Å². The van der Waals surface area contributed by atoms with Crippen molar-refractivity contribution in [2.24, 2.45) is 0 Å². The number of carboxylic acids is 1. The number of nitrogens with one attached hydrogen (secondary N) is 2. The summed E-state index contributed by atoms with van der Waals surface area (Å²) in [5, 5.41) is 26.1. The summed E-state index contributed by atoms with van der Waals surface area (Å²) in [6.45, 7) is 3.47. The smallest absolute Gasteiger partial charge is 0.326 e. The third kappa shape index (κ3) is 6.67. The second kappa shape index (κ2) is 11.5. The molecule has 1 unspecified atom stereocenters. The molecule has 0 aromatic heterocycles. The molecule has 0 saturated heterocycles. The largest absolute Gasteiger partial charge is 0.480 e. The van der Waals surface area contributed by atoms with Crippen molar-refractivity contribution in [3.05, 3.63) is 104 Å². The molecule has 0 saturated carbocycles. The minimum Gasteiger partial charge on any atom is -0.480 e. The van der Waals surface area contributed by atoms with E-state index in [4.69, 9.17) is 11.6 Å². The molecule has 0 aliphatic carbocycles. The molecule has 186 valence electrons. The van der Waals surface area contributed by atoms with Crippen LogP contribution >= 0.6 is 11.6 Å². The van der Waals surface area contributed by atoms with Gasteiger partial charge in [-0.3, -0.25) is 19.7 Å². The normalized spacial score (nSPS) is 11.4. The number of benzene rings is 3. The molecule has 3 rings (SSSR count). The lowest BCUT2D eigenvalue weighted by atomic mass is 10.0. The molecule has 36 heavy (non-hydrogen) atoms. The van der Waals surface area contributed by atoms with Gasteiger partial charge in [0.1, 0.15) is 6.04 Å². The van der Waals surface area contributed by atoms with Crippen molar-refractivity contribution < 1.29 is 24.4 Å². The number of halogens is 1. The number of nitro benzene ring substituents is 1. The van der Waals surface area contributed by atoms with E-state index in [1.165, 1.54) is 18.2 Å². The standard InChI is InChI=1S/C26H24ClN3O6/c1-15-5-3-8-20(27)24(15)25(32)29-22(26(33)34)13-18-9-10-21(16(2)11-18)28-23(31)14-17-6-4-7-19(12-17)30(35)36/h3-12,22H,13-14H2,1-2H3,(H,28,31)(H,29,32)(H,33,34). The van der Waals surface area contributed by atoms with E-state index in [2.05, 4.69) is 10.6 Å². The summed E-state index contributed by atoms with van der Waals surface area (Å²) >= 11 is 6.13. The number of carbonyl (C=O) groups excluding carboxylic acids is 2. The van der Waals surface area contributed by atoms with Gasteiger partial charge in [0, 0.05) is 24.2 Å². The summed E-state index contributed by atoms with van der Waals surface area (Å²) in [6, 6.07) is 14.7. The third-order valence-corrected chi connectivity index (χ3v) is 5.86. The van der Waals surface area contributed by atoms with Gasteiger partial charge in [0.2, 0.25) is 5.91 Å². The maximum absolute atomic E-state index is 12.7. The van der Waals surface area contributed by atoms with Crippen LogP contribution < -0.4 is 10.6 Å². The molecule has 9 nitrogen and oxygen atoms in total. The van der Waals surface area contributed by atoms with E-state index in [0.717, 1.165) is 0 Å². The van der Waals surface area contributed by atoms with Crippen molar-refractivity contribution in [1.29, 1.82) is 0 Å². The van der Waals surface area contributed by atoms with Crippen LogP contribution in [0, 0.1) is 24.0 Å². The molecule has 0 heterocycles. The Labute approximate surface area is 212 Å². The SMILES string of the molecule is Cc1cc(CC(NC(=O)c2c(C)cccc2Cl)C(=O)O)ccc1NC(=O)Cc1cccc([N+](=O)[O-])c1. The van der Waals surface area contributed by atoms with Gasteiger partial charge in [0.05, 0.1) is 21.9 Å². The minimum atomic E-state index is -1.19. The average Bonchev–Trinajstić information content (AvgIpc) is 2.80. The van der Waals surface area contributed by atoms with Crippen molar-refractivity contribution in [2.45, 2.75) is 32.7 Å². The number of non-ortho nitro benzene ring substituents is 1. The molecule has 0 aliphatic rings. The Morgan fingerprint density at radius 2 is 1.72 bits per heavy atom. The van der Waals surface area contributed by atoms with E-state index in [1.54, 1.807) is 56.3 Å². The predicted molar refractivity (Wildman–Crippen MR) is 135 cm³/mol. The van der Waals surface area contributed by atoms with Gasteiger partial charge in [0.25, 0.3) is 11.6 Å². The van der Waals surface area contributed by atoms with Crippen LogP contribution in [-0.2, 0) is 22.4 Å². The first-order chi connectivity index (χ1) is 17.0. The summed E-state index contributed by atoms with van der Waals surface area (Å²) in [4.78, 5) is 47.4. The molecule has 3 aromatic rings. The summed E-state index contributed by atoms with van der Waals surface area (Å²) in [5.41, 5.74) is 3.13. The number of hydrogen-bond donors (Lipinski definition) is 3. The molecule has 10 heteroatoms. The Bertz CT molecular complexity index is 1320. The fraction of sp³-hybridized carbons (Fsp3) is 0.192. The fourth-order valence-electron chi connectivity index (χ4n) is 3.74. The number of nitrogens with zero attached hydrogens (tertiary/aromatic N) is 1. The fourth-order valence-corrected chi connectivity index (χ4v) is 4.05. The predicted octanol–water partition coefficient (Wildman–Crippen LogP) is 4.47. The lowest BCUT2D eigenvalue weighted by molar-refractivity contribution is -0.384. The number of rotatable bonds is 9. The number of amides is 2. The van der Waals surface area contributed by atoms with Crippen molar-refractivity contribution in [1.82, 2.24) is 5.32 Å². The van der Waals surface area contributed by atoms with E-state index in [0.29, 0.717) is 27.9 Å². The second-order valence-electron chi connectivity index (χ2n) is 8.30. The molecule has 0 spiro atoms. The lowest BCUT2D eigenvalue weighted by Gasteiger charge is -2.17. The van der Waals surface area contributed by atoms with Crippen LogP contribution in [-0.4, -0.2) is 33.9 Å². The van der Waals surface area contributed by atoms with Crippen molar-refractivity contribution >= 4 is 40.8 Å². The summed E-state index contributed by atoms with van der Waals surface area (Å²) in [6.07, 6.45) is -0.0230. The van der Waals surface area contributed by atoms with Gasteiger partial charge in [-0.1, -0.05) is 48.0 Å². The molecule has 3 N–H and O–H groups in total. The molecule has 1 atom stereocenters. The molecule has 0 fully saturated rings. The van der Waals surface area contributed by atoms with Crippen LogP contribution in [0.15, 0.2) is 60.7 Å². The highest BCUT2D eigenvalue weighted by Gasteiger charge is 2.23. The zero-order valence-corrected chi connectivity index (χ0v) is 20.3. The number of carbonyl (C=O) groups is 3. The number of carboxylic acid groups (broad SMARTS) is 1. The van der Waals surface area contributed by atoms with E-state index in [-0.39, 0.29) is 35.0 Å². The number of aryl methyl sites for hydroxylation is 2. The molecule has 0 aliphatic heterocycles. The van der Waals surface area contributed by atoms with Crippen molar-refractivity contribution in [3.8, 4) is 0 Å². The zero-order valence-electron chi connectivity index (χ0n) is 19.6. The Morgan fingerprint density at radius 3 is 2.36 bits per heavy atom. The topological polar surface area (TPSA) is 139 Å². The molecular weight excluding hydrogens is 486 g/mol. The van der Waals surface area contributed by atoms with Gasteiger partial charge < -0.3 is 15.7 Å². The third-order valence-electron chi connectivity index (χ3n) is 5.54. The Hall–Kier alpha value is -4.24. The van der Waals surface area contributed by atoms with Gasteiger partial charge >= 0.3 is 5.97 Å². The highest BCUT2D eigenvalue weighted by atomic mass is 35.5. The number of anilines is 1. The van der Waals surface area contributed by atoms with E-state index in [9.17, 15) is 29.6 Å². The summed E-state index contributed by atoms with van der Waals surface area (Å²) in [5.74, 6) is -2.12. The van der Waals surface area contributed by atoms with Gasteiger partial charge in [-0.15, -0.1) is 0 Å². The number of hydrogen-bond acceptors (Lipinski definition) is 5. The molecular formula is C26H24ClN3O6. The molecule has 3 aromatic carbocycles. The highest BCUT2D eigenvalue weighted by Crippen LogP contribution is 2.21. The van der Waals surface area contributed by atoms with Crippen LogP contribution in [0.4, 0.5) is 11.4 Å². The van der Waals surface area contributed by atoms with Crippen LogP contribution in [0.3, 0.4) is 0 Å². The monoisotopic (exact) mass is 509 g/mol. The molecule has 0 radical (unpaired) electrons. The van der Waals surface area contributed by atoms with E-state index < -0.39 is 22.8 Å². The minimum absolute atomic E-state index is 0.0212. The average molecular weight is 510 g/mol. The Kier molecular flexibility index (Phi) is 8.39. The van der Waals surface area contributed by atoms with E-state index in [1.807, 2.05) is 0 Å². The Balaban J connectivity index is 1.68. The first-order valence-corrected chi connectivity index (χ1v) is 11.3. The first-order valence-electron chi connectivity index (χ1n) is 11.0. The maximum atomic E-state index is 12.7. The number of aliphatic carboxylic acids is 1. The second-order valence-corrected chi connectivity index (χ2v) is 8.71. The van der Waals surface area contributed by atoms with Gasteiger partial charge in [-0.25, -0.2) is 4.79 Å². The summed E-state index contributed by atoms with van der Waals surface area (Å²) < 4.78 is 0. The Morgan fingerprint density at radius 1 is 1.00 bits per heavy atom. The van der Waals surface area contributed by atoms with Crippen LogP contribution in [0.25, 0.3) is 0 Å². The van der Waals surface area contributed by atoms with Gasteiger partial charge in [-0.05, 0) is 48.2 Å². The first kappa shape index (κ1) is 26.4. The lowest BCUT2D eigenvalue weighted by Crippen LogP contribution is -2.42. The van der Waals surface area contributed by atoms with Gasteiger partial charge in [0.15, 0.2) is 0 Å². The van der Waals surface area contributed by atoms with Gasteiger partial charge in [-0.2, -0.15) is 0 Å². The quantitative estimate of drug-likeness (QED) is 0.287. The number of nitro groups is 1.